The summed E-state index contributed by atoms with van der Waals surface area (Å²) in [6.45, 7) is 1.47. The molecule has 3 aromatic carbocycles. The van der Waals surface area contributed by atoms with Gasteiger partial charge in [-0.25, -0.2) is 8.78 Å². The zero-order chi connectivity index (χ0) is 23.0. The summed E-state index contributed by atoms with van der Waals surface area (Å²) in [5.41, 5.74) is -4.58. The smallest absolute Gasteiger partial charge is 0.322 e. The first-order chi connectivity index (χ1) is 14.4. The van der Waals surface area contributed by atoms with Crippen molar-refractivity contribution >= 4 is 11.6 Å². The number of aryl methyl sites for hydroxylation is 1. The van der Waals surface area contributed by atoms with Gasteiger partial charge in [0, 0.05) is 11.3 Å². The highest BCUT2D eigenvalue weighted by Crippen LogP contribution is 2.44. The average Bonchev–Trinajstić information content (AvgIpc) is 2.67. The van der Waals surface area contributed by atoms with Gasteiger partial charge in [-0.15, -0.1) is 0 Å². The third kappa shape index (κ3) is 4.40. The minimum Gasteiger partial charge on any atom is -0.322 e. The van der Waals surface area contributed by atoms with Crippen molar-refractivity contribution in [2.24, 2.45) is 0 Å². The van der Waals surface area contributed by atoms with Crippen molar-refractivity contribution in [2.45, 2.75) is 19.0 Å². The molecule has 3 rings (SSSR count). The third-order valence-corrected chi connectivity index (χ3v) is 4.58. The van der Waals surface area contributed by atoms with Crippen LogP contribution in [0.2, 0.25) is 0 Å². The van der Waals surface area contributed by atoms with Crippen LogP contribution >= 0.6 is 0 Å². The fourth-order valence-electron chi connectivity index (χ4n) is 3.11. The Kier molecular flexibility index (Phi) is 5.80. The van der Waals surface area contributed by atoms with Gasteiger partial charge in [-0.05, 0) is 42.8 Å². The Labute approximate surface area is 172 Å². The van der Waals surface area contributed by atoms with Crippen molar-refractivity contribution in [2.75, 3.05) is 5.32 Å². The molecule has 0 aliphatic carbocycles. The highest BCUT2D eigenvalue weighted by Gasteiger charge is 2.44. The van der Waals surface area contributed by atoms with Crippen LogP contribution in [0.5, 0.6) is 0 Å². The second-order valence-corrected chi connectivity index (χ2v) is 6.70. The zero-order valence-electron chi connectivity index (χ0n) is 15.8. The van der Waals surface area contributed by atoms with E-state index in [-0.39, 0.29) is 11.3 Å². The van der Waals surface area contributed by atoms with Gasteiger partial charge in [0.15, 0.2) is 0 Å². The number of carbonyl (C=O) groups excluding carboxylic acids is 1. The second-order valence-electron chi connectivity index (χ2n) is 6.70. The molecular formula is C22H14F7NO. The maximum absolute atomic E-state index is 14.8. The lowest BCUT2D eigenvalue weighted by atomic mass is 9.95. The van der Waals surface area contributed by atoms with E-state index in [0.717, 1.165) is 24.3 Å². The molecule has 0 heterocycles. The van der Waals surface area contributed by atoms with Crippen molar-refractivity contribution in [1.29, 1.82) is 0 Å². The Balaban J connectivity index is 1.95. The topological polar surface area (TPSA) is 29.1 Å². The van der Waals surface area contributed by atoms with Crippen molar-refractivity contribution in [1.82, 2.24) is 0 Å². The van der Waals surface area contributed by atoms with Gasteiger partial charge < -0.3 is 5.32 Å². The number of halogens is 7. The van der Waals surface area contributed by atoms with Crippen LogP contribution in [-0.4, -0.2) is 5.91 Å². The molecular weight excluding hydrogens is 427 g/mol. The highest BCUT2D eigenvalue weighted by molar-refractivity contribution is 6.05. The molecule has 0 spiro atoms. The van der Waals surface area contributed by atoms with Gasteiger partial charge in [-0.3, -0.25) is 4.79 Å². The molecule has 0 fully saturated rings. The molecule has 0 atom stereocenters. The number of nitrogens with one attached hydrogen (secondary N) is 1. The first-order valence-corrected chi connectivity index (χ1v) is 8.84. The van der Waals surface area contributed by atoms with E-state index in [0.29, 0.717) is 29.8 Å². The predicted octanol–water partition coefficient (Wildman–Crippen LogP) is 6.68. The maximum Gasteiger partial charge on any atom is 0.416 e. The minimum absolute atomic E-state index is 0.270. The van der Waals surface area contributed by atoms with E-state index in [4.69, 9.17) is 0 Å². The molecule has 0 saturated carbocycles. The average molecular weight is 441 g/mol. The van der Waals surface area contributed by atoms with Gasteiger partial charge in [-0.1, -0.05) is 30.3 Å². The van der Waals surface area contributed by atoms with Crippen LogP contribution in [0.25, 0.3) is 0 Å². The SMILES string of the molecule is Cc1cccc(F)c1C(=O)Nc1ccc(C(F)(F)c2ccccc2C(F)(F)F)c(F)c1. The van der Waals surface area contributed by atoms with Crippen molar-refractivity contribution < 1.29 is 35.5 Å². The maximum atomic E-state index is 14.8. The molecule has 0 radical (unpaired) electrons. The Hall–Kier alpha value is -3.36. The number of amides is 1. The monoisotopic (exact) mass is 441 g/mol. The van der Waals surface area contributed by atoms with E-state index in [1.807, 2.05) is 0 Å². The number of benzene rings is 3. The molecule has 0 bridgehead atoms. The number of rotatable bonds is 4. The lowest BCUT2D eigenvalue weighted by molar-refractivity contribution is -0.141. The Bertz CT molecular complexity index is 1120. The number of hydrogen-bond donors (Lipinski definition) is 1. The normalized spacial score (nSPS) is 12.0. The van der Waals surface area contributed by atoms with Crippen LogP contribution in [0, 0.1) is 18.6 Å². The molecule has 0 aliphatic heterocycles. The molecule has 0 aromatic heterocycles. The van der Waals surface area contributed by atoms with Crippen LogP contribution in [0.15, 0.2) is 60.7 Å². The van der Waals surface area contributed by atoms with Gasteiger partial charge in [0.05, 0.1) is 16.7 Å². The molecule has 0 unspecified atom stereocenters. The number of carbonyl (C=O) groups is 1. The molecule has 1 N–H and O–H groups in total. The third-order valence-electron chi connectivity index (χ3n) is 4.58. The highest BCUT2D eigenvalue weighted by atomic mass is 19.4. The molecule has 9 heteroatoms. The molecule has 3 aromatic rings. The summed E-state index contributed by atoms with van der Waals surface area (Å²) < 4.78 is 97.4. The van der Waals surface area contributed by atoms with Gasteiger partial charge in [0.25, 0.3) is 5.91 Å². The van der Waals surface area contributed by atoms with Crippen LogP contribution in [0.1, 0.15) is 32.6 Å². The fourth-order valence-corrected chi connectivity index (χ4v) is 3.11. The Morgan fingerprint density at radius 3 is 2.00 bits per heavy atom. The van der Waals surface area contributed by atoms with Gasteiger partial charge >= 0.3 is 12.1 Å². The Morgan fingerprint density at radius 2 is 1.42 bits per heavy atom. The second kappa shape index (κ2) is 8.05. The molecule has 2 nitrogen and oxygen atoms in total. The van der Waals surface area contributed by atoms with Crippen molar-refractivity contribution in [3.63, 3.8) is 0 Å². The summed E-state index contributed by atoms with van der Waals surface area (Å²) in [5.74, 6) is -7.60. The van der Waals surface area contributed by atoms with E-state index in [1.165, 1.54) is 19.1 Å². The van der Waals surface area contributed by atoms with E-state index in [2.05, 4.69) is 5.32 Å². The van der Waals surface area contributed by atoms with Crippen LogP contribution in [0.3, 0.4) is 0 Å². The summed E-state index contributed by atoms with van der Waals surface area (Å²) in [6.07, 6.45) is -5.07. The van der Waals surface area contributed by atoms with E-state index in [1.54, 1.807) is 0 Å². The summed E-state index contributed by atoms with van der Waals surface area (Å²) in [5, 5.41) is 2.19. The lowest BCUT2D eigenvalue weighted by Crippen LogP contribution is -2.23. The number of anilines is 1. The van der Waals surface area contributed by atoms with Gasteiger partial charge in [0.2, 0.25) is 0 Å². The standard InChI is InChI=1S/C22H14F7NO/c1-12-5-4-8-17(23)19(12)20(31)30-13-9-10-16(18(24)11-13)21(25,26)14-6-2-3-7-15(14)22(27,28)29/h2-11H,1H3,(H,30,31). The predicted molar refractivity (Wildman–Crippen MR) is 99.9 cm³/mol. The van der Waals surface area contributed by atoms with E-state index in [9.17, 15) is 35.5 Å². The summed E-state index contributed by atoms with van der Waals surface area (Å²) in [6, 6.07) is 8.90. The first-order valence-electron chi connectivity index (χ1n) is 8.84. The van der Waals surface area contributed by atoms with E-state index < -0.39 is 46.3 Å². The van der Waals surface area contributed by atoms with Crippen molar-refractivity contribution in [3.05, 3.63) is 100 Å². The lowest BCUT2D eigenvalue weighted by Gasteiger charge is -2.22. The number of hydrogen-bond acceptors (Lipinski definition) is 1. The molecule has 31 heavy (non-hydrogen) atoms. The fraction of sp³-hybridized carbons (Fsp3) is 0.136. The van der Waals surface area contributed by atoms with E-state index >= 15 is 0 Å². The molecule has 1 amide bonds. The van der Waals surface area contributed by atoms with Crippen LogP contribution in [-0.2, 0) is 12.1 Å². The van der Waals surface area contributed by atoms with Gasteiger partial charge in [-0.2, -0.15) is 22.0 Å². The quantitative estimate of drug-likeness (QED) is 0.450. The molecule has 0 saturated heterocycles. The molecule has 0 aliphatic rings. The Morgan fingerprint density at radius 1 is 0.774 bits per heavy atom. The van der Waals surface area contributed by atoms with Gasteiger partial charge in [0.1, 0.15) is 11.6 Å². The van der Waals surface area contributed by atoms with Crippen molar-refractivity contribution in [3.8, 4) is 0 Å². The molecule has 162 valence electrons. The largest absolute Gasteiger partial charge is 0.416 e. The first kappa shape index (κ1) is 22.3. The number of alkyl halides is 5. The van der Waals surface area contributed by atoms with Crippen LogP contribution < -0.4 is 5.32 Å². The minimum atomic E-state index is -5.07. The zero-order valence-corrected chi connectivity index (χ0v) is 15.8. The summed E-state index contributed by atoms with van der Waals surface area (Å²) >= 11 is 0. The summed E-state index contributed by atoms with van der Waals surface area (Å²) in [4.78, 5) is 12.3. The summed E-state index contributed by atoms with van der Waals surface area (Å²) in [7, 11) is 0. The van der Waals surface area contributed by atoms with Crippen LogP contribution in [0.4, 0.5) is 36.4 Å².